The Labute approximate surface area is 153 Å². The number of aromatic nitrogens is 4. The second-order valence-electron chi connectivity index (χ2n) is 6.91. The van der Waals surface area contributed by atoms with E-state index in [1.165, 1.54) is 0 Å². The Balaban J connectivity index is 1.38. The van der Waals surface area contributed by atoms with Crippen LogP contribution in [0, 0.1) is 6.92 Å². The van der Waals surface area contributed by atoms with Gasteiger partial charge >= 0.3 is 0 Å². The van der Waals surface area contributed by atoms with Crippen molar-refractivity contribution in [3.8, 4) is 0 Å². The van der Waals surface area contributed by atoms with E-state index in [2.05, 4.69) is 25.9 Å². The number of carbonyl (C=O) groups is 1. The maximum atomic E-state index is 12.2. The van der Waals surface area contributed by atoms with Crippen molar-refractivity contribution >= 4 is 11.7 Å². The molecule has 26 heavy (non-hydrogen) atoms. The van der Waals surface area contributed by atoms with E-state index in [0.29, 0.717) is 24.3 Å². The number of hydrogen-bond donors (Lipinski definition) is 3. The van der Waals surface area contributed by atoms with Crippen LogP contribution < -0.4 is 16.4 Å². The largest absolute Gasteiger partial charge is 0.370 e. The Kier molecular flexibility index (Phi) is 6.17. The third kappa shape index (κ3) is 5.01. The molecule has 4 N–H and O–H groups in total. The normalized spacial score (nSPS) is 19.9. The van der Waals surface area contributed by atoms with Gasteiger partial charge in [0.2, 0.25) is 0 Å². The minimum absolute atomic E-state index is 0.183. The van der Waals surface area contributed by atoms with Gasteiger partial charge in [-0.2, -0.15) is 0 Å². The lowest BCUT2D eigenvalue weighted by Gasteiger charge is -2.25. The first-order valence-electron chi connectivity index (χ1n) is 9.24. The third-order valence-electron chi connectivity index (χ3n) is 4.72. The fourth-order valence-corrected chi connectivity index (χ4v) is 3.10. The molecule has 2 heterocycles. The number of amides is 1. The van der Waals surface area contributed by atoms with Crippen LogP contribution in [-0.2, 0) is 0 Å². The Morgan fingerprint density at radius 3 is 2.81 bits per heavy atom. The highest BCUT2D eigenvalue weighted by atomic mass is 16.2. The van der Waals surface area contributed by atoms with Gasteiger partial charge in [0, 0.05) is 25.3 Å². The summed E-state index contributed by atoms with van der Waals surface area (Å²) in [6.45, 7) is 3.32. The highest BCUT2D eigenvalue weighted by Crippen LogP contribution is 2.26. The van der Waals surface area contributed by atoms with Crippen molar-refractivity contribution < 1.29 is 4.79 Å². The van der Waals surface area contributed by atoms with Crippen LogP contribution in [0.25, 0.3) is 0 Å². The van der Waals surface area contributed by atoms with Crippen LogP contribution in [0.1, 0.15) is 54.2 Å². The molecule has 0 aromatic carbocycles. The van der Waals surface area contributed by atoms with Gasteiger partial charge < -0.3 is 16.4 Å². The summed E-state index contributed by atoms with van der Waals surface area (Å²) in [5.41, 5.74) is 7.43. The Morgan fingerprint density at radius 2 is 2.08 bits per heavy atom. The lowest BCUT2D eigenvalue weighted by Crippen LogP contribution is -2.28. The van der Waals surface area contributed by atoms with Crippen LogP contribution in [0.15, 0.2) is 24.5 Å². The smallest absolute Gasteiger partial charge is 0.273 e. The van der Waals surface area contributed by atoms with Gasteiger partial charge in [0.25, 0.3) is 5.91 Å². The van der Waals surface area contributed by atoms with Crippen molar-refractivity contribution in [2.45, 2.75) is 51.1 Å². The minimum atomic E-state index is -0.183. The van der Waals surface area contributed by atoms with Crippen molar-refractivity contribution in [1.82, 2.24) is 25.3 Å². The van der Waals surface area contributed by atoms with Gasteiger partial charge in [-0.25, -0.2) is 9.67 Å². The number of nitrogens with two attached hydrogens (primary N) is 1. The summed E-state index contributed by atoms with van der Waals surface area (Å²) in [7, 11) is 0. The maximum Gasteiger partial charge on any atom is 0.273 e. The van der Waals surface area contributed by atoms with Gasteiger partial charge in [-0.1, -0.05) is 11.3 Å². The molecule has 8 heteroatoms. The second-order valence-corrected chi connectivity index (χ2v) is 6.91. The van der Waals surface area contributed by atoms with E-state index < -0.39 is 0 Å². The molecule has 0 atom stereocenters. The molecule has 3 rings (SSSR count). The molecule has 0 bridgehead atoms. The van der Waals surface area contributed by atoms with Gasteiger partial charge in [0.05, 0.1) is 12.2 Å². The molecule has 2 aromatic heterocycles. The van der Waals surface area contributed by atoms with Crippen molar-refractivity contribution in [1.29, 1.82) is 0 Å². The topological polar surface area (TPSA) is 111 Å². The highest BCUT2D eigenvalue weighted by molar-refractivity contribution is 5.91. The zero-order valence-corrected chi connectivity index (χ0v) is 15.2. The zero-order chi connectivity index (χ0) is 18.4. The molecular weight excluding hydrogens is 330 g/mol. The van der Waals surface area contributed by atoms with Crippen molar-refractivity contribution in [3.63, 3.8) is 0 Å². The van der Waals surface area contributed by atoms with E-state index in [4.69, 9.17) is 5.73 Å². The quantitative estimate of drug-likeness (QED) is 0.650. The number of hydrogen-bond acceptors (Lipinski definition) is 6. The summed E-state index contributed by atoms with van der Waals surface area (Å²) in [6.07, 6.45) is 8.34. The fourth-order valence-electron chi connectivity index (χ4n) is 3.10. The molecule has 8 nitrogen and oxygen atoms in total. The first-order valence-corrected chi connectivity index (χ1v) is 9.24. The standard InChI is InChI=1S/C18H27N7O/c1-13-3-8-17(22-11-13)20-9-2-10-21-18(26)16-12-25(24-23-16)15-6-4-14(19)5-7-15/h3,8,11-12,14-15H,2,4-7,9-10,19H2,1H3,(H,20,22)(H,21,26). The molecule has 2 aromatic rings. The summed E-state index contributed by atoms with van der Waals surface area (Å²) in [6, 6.07) is 4.56. The second kappa shape index (κ2) is 8.75. The van der Waals surface area contributed by atoms with E-state index in [-0.39, 0.29) is 5.91 Å². The van der Waals surface area contributed by atoms with Crippen LogP contribution >= 0.6 is 0 Å². The Bertz CT molecular complexity index is 705. The number of rotatable bonds is 7. The van der Waals surface area contributed by atoms with Gasteiger partial charge in [0.15, 0.2) is 5.69 Å². The maximum absolute atomic E-state index is 12.2. The lowest BCUT2D eigenvalue weighted by atomic mass is 9.92. The average molecular weight is 357 g/mol. The van der Waals surface area contributed by atoms with Crippen molar-refractivity contribution in [2.75, 3.05) is 18.4 Å². The molecule has 1 saturated carbocycles. The molecule has 1 amide bonds. The number of nitrogens with one attached hydrogen (secondary N) is 2. The summed E-state index contributed by atoms with van der Waals surface area (Å²) in [4.78, 5) is 16.5. The number of nitrogens with zero attached hydrogens (tertiary/aromatic N) is 4. The Hall–Kier alpha value is -2.48. The first-order chi connectivity index (χ1) is 12.6. The van der Waals surface area contributed by atoms with Crippen LogP contribution in [0.4, 0.5) is 5.82 Å². The molecule has 1 aliphatic rings. The van der Waals surface area contributed by atoms with E-state index in [0.717, 1.165) is 50.0 Å². The summed E-state index contributed by atoms with van der Waals surface area (Å²) in [5, 5.41) is 14.2. The van der Waals surface area contributed by atoms with Crippen LogP contribution in [0.3, 0.4) is 0 Å². The van der Waals surface area contributed by atoms with E-state index >= 15 is 0 Å². The average Bonchev–Trinajstić information content (AvgIpc) is 3.14. The molecule has 1 aliphatic carbocycles. The monoisotopic (exact) mass is 357 g/mol. The van der Waals surface area contributed by atoms with Gasteiger partial charge in [-0.15, -0.1) is 5.10 Å². The third-order valence-corrected chi connectivity index (χ3v) is 4.72. The lowest BCUT2D eigenvalue weighted by molar-refractivity contribution is 0.0948. The van der Waals surface area contributed by atoms with Crippen LogP contribution in [0.2, 0.25) is 0 Å². The summed E-state index contributed by atoms with van der Waals surface area (Å²) in [5.74, 6) is 0.661. The fraction of sp³-hybridized carbons (Fsp3) is 0.556. The number of carbonyl (C=O) groups excluding carboxylic acids is 1. The van der Waals surface area contributed by atoms with Crippen molar-refractivity contribution in [3.05, 3.63) is 35.8 Å². The molecule has 140 valence electrons. The van der Waals surface area contributed by atoms with Crippen LogP contribution in [-0.4, -0.2) is 45.0 Å². The van der Waals surface area contributed by atoms with E-state index in [1.54, 1.807) is 6.20 Å². The molecular formula is C18H27N7O. The summed E-state index contributed by atoms with van der Waals surface area (Å²) >= 11 is 0. The predicted octanol–water partition coefficient (Wildman–Crippen LogP) is 1.66. The summed E-state index contributed by atoms with van der Waals surface area (Å²) < 4.78 is 1.81. The van der Waals surface area contributed by atoms with E-state index in [1.807, 2.05) is 29.9 Å². The van der Waals surface area contributed by atoms with Gasteiger partial charge in [-0.3, -0.25) is 4.79 Å². The highest BCUT2D eigenvalue weighted by Gasteiger charge is 2.22. The SMILES string of the molecule is Cc1ccc(NCCCNC(=O)c2cn(C3CCC(N)CC3)nn2)nc1. The number of pyridine rings is 1. The van der Waals surface area contributed by atoms with Crippen molar-refractivity contribution in [2.24, 2.45) is 5.73 Å². The predicted molar refractivity (Wildman–Crippen MR) is 99.9 cm³/mol. The molecule has 1 fully saturated rings. The minimum Gasteiger partial charge on any atom is -0.370 e. The molecule has 0 spiro atoms. The Morgan fingerprint density at radius 1 is 1.27 bits per heavy atom. The number of aryl methyl sites for hydroxylation is 1. The molecule has 0 saturated heterocycles. The molecule has 0 aliphatic heterocycles. The first kappa shape index (κ1) is 18.3. The molecule has 0 radical (unpaired) electrons. The molecule has 0 unspecified atom stereocenters. The van der Waals surface area contributed by atoms with Crippen LogP contribution in [0.5, 0.6) is 0 Å². The van der Waals surface area contributed by atoms with Gasteiger partial charge in [-0.05, 0) is 50.7 Å². The zero-order valence-electron chi connectivity index (χ0n) is 15.2. The van der Waals surface area contributed by atoms with E-state index in [9.17, 15) is 4.79 Å². The van der Waals surface area contributed by atoms with Gasteiger partial charge in [0.1, 0.15) is 5.82 Å². The number of anilines is 1.